The SMILES string of the molecule is CCC(CCCS)CCC(C)CSCS. The summed E-state index contributed by atoms with van der Waals surface area (Å²) in [5, 5.41) is 0.960. The van der Waals surface area contributed by atoms with Gasteiger partial charge in [-0.2, -0.15) is 37.0 Å². The van der Waals surface area contributed by atoms with Crippen molar-refractivity contribution < 1.29 is 0 Å². The van der Waals surface area contributed by atoms with Crippen molar-refractivity contribution >= 4 is 37.0 Å². The Morgan fingerprint density at radius 2 is 1.87 bits per heavy atom. The van der Waals surface area contributed by atoms with Crippen LogP contribution in [0.2, 0.25) is 0 Å². The number of rotatable bonds is 10. The Hall–Kier alpha value is 1.05. The average molecular weight is 267 g/mol. The Labute approximate surface area is 111 Å². The highest BCUT2D eigenvalue weighted by atomic mass is 32.2. The Morgan fingerprint density at radius 1 is 1.13 bits per heavy atom. The second-order valence-corrected chi connectivity index (χ2v) is 6.54. The first-order valence-corrected chi connectivity index (χ1v) is 8.46. The van der Waals surface area contributed by atoms with Crippen LogP contribution in [0.4, 0.5) is 0 Å². The molecular weight excluding hydrogens is 240 g/mol. The van der Waals surface area contributed by atoms with Crippen LogP contribution in [0.5, 0.6) is 0 Å². The monoisotopic (exact) mass is 266 g/mol. The zero-order valence-corrected chi connectivity index (χ0v) is 12.7. The molecule has 0 saturated carbocycles. The van der Waals surface area contributed by atoms with E-state index in [-0.39, 0.29) is 0 Å². The third-order valence-electron chi connectivity index (χ3n) is 2.91. The molecule has 0 bridgehead atoms. The lowest BCUT2D eigenvalue weighted by Crippen LogP contribution is -2.05. The minimum Gasteiger partial charge on any atom is -0.179 e. The van der Waals surface area contributed by atoms with E-state index < -0.39 is 0 Å². The zero-order chi connectivity index (χ0) is 11.5. The van der Waals surface area contributed by atoms with Crippen LogP contribution in [0, 0.1) is 11.8 Å². The fourth-order valence-electron chi connectivity index (χ4n) is 1.79. The fraction of sp³-hybridized carbons (Fsp3) is 1.00. The van der Waals surface area contributed by atoms with Gasteiger partial charge in [0.15, 0.2) is 0 Å². The summed E-state index contributed by atoms with van der Waals surface area (Å²) in [6, 6.07) is 0. The van der Waals surface area contributed by atoms with Crippen molar-refractivity contribution in [2.24, 2.45) is 11.8 Å². The average Bonchev–Trinajstić information content (AvgIpc) is 2.26. The highest BCUT2D eigenvalue weighted by Gasteiger charge is 2.08. The van der Waals surface area contributed by atoms with E-state index in [0.29, 0.717) is 0 Å². The highest BCUT2D eigenvalue weighted by Crippen LogP contribution is 2.22. The summed E-state index contributed by atoms with van der Waals surface area (Å²) in [7, 11) is 0. The first-order chi connectivity index (χ1) is 7.24. The van der Waals surface area contributed by atoms with Crippen molar-refractivity contribution in [2.75, 3.05) is 16.6 Å². The van der Waals surface area contributed by atoms with E-state index in [0.717, 1.165) is 22.7 Å². The van der Waals surface area contributed by atoms with Crippen molar-refractivity contribution in [1.29, 1.82) is 0 Å². The Balaban J connectivity index is 3.50. The predicted octanol–water partition coefficient (Wildman–Crippen LogP) is 4.76. The molecule has 0 aromatic rings. The molecule has 0 aliphatic rings. The number of hydrogen-bond donors (Lipinski definition) is 2. The first kappa shape index (κ1) is 16.1. The molecule has 92 valence electrons. The lowest BCUT2D eigenvalue weighted by molar-refractivity contribution is 0.391. The Kier molecular flexibility index (Phi) is 12.3. The molecule has 0 aliphatic carbocycles. The molecule has 15 heavy (non-hydrogen) atoms. The molecule has 0 aromatic carbocycles. The van der Waals surface area contributed by atoms with E-state index in [9.17, 15) is 0 Å². The van der Waals surface area contributed by atoms with Gasteiger partial charge in [0, 0.05) is 5.08 Å². The molecule has 0 rings (SSSR count). The fourth-order valence-corrected chi connectivity index (χ4v) is 2.96. The molecule has 2 unspecified atom stereocenters. The van der Waals surface area contributed by atoms with Gasteiger partial charge < -0.3 is 0 Å². The normalized spacial score (nSPS) is 15.2. The predicted molar refractivity (Wildman–Crippen MR) is 81.6 cm³/mol. The van der Waals surface area contributed by atoms with Crippen molar-refractivity contribution in [1.82, 2.24) is 0 Å². The van der Waals surface area contributed by atoms with Crippen LogP contribution in [0.3, 0.4) is 0 Å². The summed E-state index contributed by atoms with van der Waals surface area (Å²) in [5.41, 5.74) is 0. The third-order valence-corrected chi connectivity index (χ3v) is 4.76. The van der Waals surface area contributed by atoms with Gasteiger partial charge in [-0.1, -0.05) is 26.7 Å². The quantitative estimate of drug-likeness (QED) is 0.425. The second-order valence-electron chi connectivity index (χ2n) is 4.32. The molecule has 0 nitrogen and oxygen atoms in total. The van der Waals surface area contributed by atoms with Gasteiger partial charge in [0.05, 0.1) is 0 Å². The van der Waals surface area contributed by atoms with Gasteiger partial charge in [-0.05, 0) is 42.6 Å². The molecule has 2 atom stereocenters. The lowest BCUT2D eigenvalue weighted by atomic mass is 9.92. The molecule has 0 aromatic heterocycles. The number of thioether (sulfide) groups is 1. The lowest BCUT2D eigenvalue weighted by Gasteiger charge is -2.17. The molecular formula is C12H26S3. The van der Waals surface area contributed by atoms with E-state index in [1.54, 1.807) is 0 Å². The second kappa shape index (κ2) is 11.5. The van der Waals surface area contributed by atoms with Crippen LogP contribution in [0.1, 0.15) is 46.0 Å². The molecule has 0 aliphatic heterocycles. The van der Waals surface area contributed by atoms with Crippen molar-refractivity contribution in [3.63, 3.8) is 0 Å². The summed E-state index contributed by atoms with van der Waals surface area (Å²) in [5.74, 6) is 4.10. The van der Waals surface area contributed by atoms with E-state index in [2.05, 4.69) is 39.1 Å². The van der Waals surface area contributed by atoms with E-state index >= 15 is 0 Å². The summed E-state index contributed by atoms with van der Waals surface area (Å²) in [6.07, 6.45) is 6.76. The summed E-state index contributed by atoms with van der Waals surface area (Å²) >= 11 is 10.4. The first-order valence-electron chi connectivity index (χ1n) is 6.04. The van der Waals surface area contributed by atoms with Crippen LogP contribution >= 0.6 is 37.0 Å². The summed E-state index contributed by atoms with van der Waals surface area (Å²) in [4.78, 5) is 0. The highest BCUT2D eigenvalue weighted by molar-refractivity contribution is 8.09. The largest absolute Gasteiger partial charge is 0.179 e. The number of thiol groups is 2. The van der Waals surface area contributed by atoms with Crippen LogP contribution in [0.15, 0.2) is 0 Å². The van der Waals surface area contributed by atoms with Crippen LogP contribution in [-0.4, -0.2) is 16.6 Å². The van der Waals surface area contributed by atoms with Crippen LogP contribution in [-0.2, 0) is 0 Å². The Bertz CT molecular complexity index is 128. The van der Waals surface area contributed by atoms with Gasteiger partial charge in [-0.15, -0.1) is 0 Å². The van der Waals surface area contributed by atoms with E-state index in [4.69, 9.17) is 0 Å². The van der Waals surface area contributed by atoms with Crippen LogP contribution < -0.4 is 0 Å². The van der Waals surface area contributed by atoms with Gasteiger partial charge in [-0.3, -0.25) is 0 Å². The maximum atomic E-state index is 4.28. The van der Waals surface area contributed by atoms with E-state index in [1.165, 1.54) is 37.9 Å². The minimum atomic E-state index is 0.854. The molecule has 3 heteroatoms. The Morgan fingerprint density at radius 3 is 2.40 bits per heavy atom. The summed E-state index contributed by atoms with van der Waals surface area (Å²) < 4.78 is 0. The molecule has 0 spiro atoms. The topological polar surface area (TPSA) is 0 Å². The molecule has 0 N–H and O–H groups in total. The van der Waals surface area contributed by atoms with Gasteiger partial charge in [0.1, 0.15) is 0 Å². The van der Waals surface area contributed by atoms with Crippen LogP contribution in [0.25, 0.3) is 0 Å². The maximum absolute atomic E-state index is 4.28. The van der Waals surface area contributed by atoms with Gasteiger partial charge in [-0.25, -0.2) is 0 Å². The standard InChI is InChI=1S/C12H26S3/c1-3-12(5-4-8-13)7-6-11(2)9-15-10-14/h11-14H,3-10H2,1-2H3. The van der Waals surface area contributed by atoms with Crippen molar-refractivity contribution in [3.05, 3.63) is 0 Å². The van der Waals surface area contributed by atoms with E-state index in [1.807, 2.05) is 11.8 Å². The summed E-state index contributed by atoms with van der Waals surface area (Å²) in [6.45, 7) is 4.68. The minimum absolute atomic E-state index is 0.854. The van der Waals surface area contributed by atoms with Gasteiger partial charge >= 0.3 is 0 Å². The maximum Gasteiger partial charge on any atom is 0.0361 e. The molecule has 0 saturated heterocycles. The van der Waals surface area contributed by atoms with Crippen molar-refractivity contribution in [3.8, 4) is 0 Å². The zero-order valence-electron chi connectivity index (χ0n) is 10.1. The van der Waals surface area contributed by atoms with Crippen molar-refractivity contribution in [2.45, 2.75) is 46.0 Å². The smallest absolute Gasteiger partial charge is 0.0361 e. The van der Waals surface area contributed by atoms with Gasteiger partial charge in [0.2, 0.25) is 0 Å². The molecule has 0 fully saturated rings. The molecule has 0 radical (unpaired) electrons. The third kappa shape index (κ3) is 9.95. The van der Waals surface area contributed by atoms with Gasteiger partial charge in [0.25, 0.3) is 0 Å². The molecule has 0 amide bonds. The molecule has 0 heterocycles. The number of hydrogen-bond acceptors (Lipinski definition) is 3.